The van der Waals surface area contributed by atoms with Crippen LogP contribution in [0.25, 0.3) is 0 Å². The lowest BCUT2D eigenvalue weighted by molar-refractivity contribution is 0.0827. The van der Waals surface area contributed by atoms with Gasteiger partial charge in [0.1, 0.15) is 0 Å². The molecule has 0 aliphatic rings. The summed E-state index contributed by atoms with van der Waals surface area (Å²) < 4.78 is 26.5. The van der Waals surface area contributed by atoms with Crippen molar-refractivity contribution >= 4 is 15.9 Å². The summed E-state index contributed by atoms with van der Waals surface area (Å²) >= 11 is 0. The number of rotatable bonds is 6. The van der Waals surface area contributed by atoms with Gasteiger partial charge in [0.25, 0.3) is 5.91 Å². The molecule has 0 atom stereocenters. The SMILES string of the molecule is CN(C)C(=O)c1cccc(S(=O)(=O)N(C)CC(C)(C)CN)c1. The molecule has 6 nitrogen and oxygen atoms in total. The molecule has 2 N–H and O–H groups in total. The summed E-state index contributed by atoms with van der Waals surface area (Å²) in [6.07, 6.45) is 0. The number of sulfonamides is 1. The highest BCUT2D eigenvalue weighted by Crippen LogP contribution is 2.21. The Morgan fingerprint density at radius 2 is 1.82 bits per heavy atom. The van der Waals surface area contributed by atoms with Crippen LogP contribution in [0.4, 0.5) is 0 Å². The molecule has 0 aromatic heterocycles. The lowest BCUT2D eigenvalue weighted by Crippen LogP contribution is -2.39. The summed E-state index contributed by atoms with van der Waals surface area (Å²) in [5.74, 6) is -0.234. The first-order valence-corrected chi connectivity index (χ1v) is 8.43. The van der Waals surface area contributed by atoms with Gasteiger partial charge >= 0.3 is 0 Å². The van der Waals surface area contributed by atoms with E-state index in [1.54, 1.807) is 26.2 Å². The number of carbonyl (C=O) groups excluding carboxylic acids is 1. The van der Waals surface area contributed by atoms with Crippen LogP contribution in [0.3, 0.4) is 0 Å². The molecule has 0 unspecified atom stereocenters. The fourth-order valence-corrected chi connectivity index (χ4v) is 3.39. The van der Waals surface area contributed by atoms with Gasteiger partial charge in [0.05, 0.1) is 4.90 Å². The predicted octanol–water partition coefficient (Wildman–Crippen LogP) is 0.994. The van der Waals surface area contributed by atoms with E-state index in [0.29, 0.717) is 18.7 Å². The van der Waals surface area contributed by atoms with Crippen molar-refractivity contribution in [1.82, 2.24) is 9.21 Å². The van der Waals surface area contributed by atoms with Gasteiger partial charge in [-0.1, -0.05) is 19.9 Å². The Balaban J connectivity index is 3.13. The van der Waals surface area contributed by atoms with E-state index in [1.807, 2.05) is 13.8 Å². The van der Waals surface area contributed by atoms with Crippen molar-refractivity contribution in [2.45, 2.75) is 18.7 Å². The van der Waals surface area contributed by atoms with E-state index in [4.69, 9.17) is 5.73 Å². The standard InChI is InChI=1S/C15H25N3O3S/c1-15(2,10-16)11-18(5)22(20,21)13-8-6-7-12(9-13)14(19)17(3)4/h6-9H,10-11,16H2,1-5H3. The summed E-state index contributed by atoms with van der Waals surface area (Å²) in [6.45, 7) is 4.50. The molecule has 1 amide bonds. The number of hydrogen-bond acceptors (Lipinski definition) is 4. The van der Waals surface area contributed by atoms with Crippen LogP contribution in [0.5, 0.6) is 0 Å². The van der Waals surface area contributed by atoms with E-state index in [2.05, 4.69) is 0 Å². The molecule has 124 valence electrons. The average Bonchev–Trinajstić information content (AvgIpc) is 2.46. The van der Waals surface area contributed by atoms with Crippen molar-refractivity contribution in [2.75, 3.05) is 34.2 Å². The van der Waals surface area contributed by atoms with E-state index in [-0.39, 0.29) is 16.2 Å². The van der Waals surface area contributed by atoms with Gasteiger partial charge in [-0.2, -0.15) is 0 Å². The molecule has 1 aromatic carbocycles. The van der Waals surface area contributed by atoms with Gasteiger partial charge in [-0.05, 0) is 30.2 Å². The number of hydrogen-bond donors (Lipinski definition) is 1. The zero-order chi connectivity index (χ0) is 17.1. The van der Waals surface area contributed by atoms with E-state index in [1.165, 1.54) is 28.4 Å². The molecule has 0 heterocycles. The Kier molecular flexibility index (Phi) is 5.72. The minimum absolute atomic E-state index is 0.107. The number of benzene rings is 1. The molecule has 0 bridgehead atoms. The summed E-state index contributed by atoms with van der Waals surface area (Å²) in [4.78, 5) is 13.5. The normalized spacial score (nSPS) is 12.5. The Morgan fingerprint density at radius 3 is 2.32 bits per heavy atom. The maximum Gasteiger partial charge on any atom is 0.253 e. The van der Waals surface area contributed by atoms with Crippen molar-refractivity contribution in [3.05, 3.63) is 29.8 Å². The van der Waals surface area contributed by atoms with Crippen LogP contribution in [0, 0.1) is 5.41 Å². The van der Waals surface area contributed by atoms with Gasteiger partial charge in [-0.3, -0.25) is 4.79 Å². The number of amides is 1. The van der Waals surface area contributed by atoms with Gasteiger partial charge in [-0.15, -0.1) is 0 Å². The lowest BCUT2D eigenvalue weighted by Gasteiger charge is -2.28. The second kappa shape index (κ2) is 6.76. The minimum atomic E-state index is -3.66. The maximum atomic E-state index is 12.6. The zero-order valence-corrected chi connectivity index (χ0v) is 14.6. The maximum absolute atomic E-state index is 12.6. The first-order valence-electron chi connectivity index (χ1n) is 6.99. The molecule has 0 aliphatic carbocycles. The number of nitrogens with zero attached hydrogens (tertiary/aromatic N) is 2. The van der Waals surface area contributed by atoms with Gasteiger partial charge in [0.2, 0.25) is 10.0 Å². The third-order valence-corrected chi connectivity index (χ3v) is 5.20. The van der Waals surface area contributed by atoms with Crippen molar-refractivity contribution in [2.24, 2.45) is 11.1 Å². The van der Waals surface area contributed by atoms with Crippen LogP contribution >= 0.6 is 0 Å². The molecule has 0 radical (unpaired) electrons. The van der Waals surface area contributed by atoms with Crippen LogP contribution < -0.4 is 5.73 Å². The summed E-state index contributed by atoms with van der Waals surface area (Å²) in [6, 6.07) is 6.08. The highest BCUT2D eigenvalue weighted by atomic mass is 32.2. The fraction of sp³-hybridized carbons (Fsp3) is 0.533. The largest absolute Gasteiger partial charge is 0.345 e. The number of nitrogens with two attached hydrogens (primary N) is 1. The molecule has 0 spiro atoms. The van der Waals surface area contributed by atoms with Crippen LogP contribution in [-0.4, -0.2) is 57.8 Å². The van der Waals surface area contributed by atoms with Gasteiger partial charge < -0.3 is 10.6 Å². The third-order valence-electron chi connectivity index (χ3n) is 3.40. The highest BCUT2D eigenvalue weighted by Gasteiger charge is 2.27. The summed E-state index contributed by atoms with van der Waals surface area (Å²) in [5, 5.41) is 0. The first kappa shape index (κ1) is 18.6. The Labute approximate surface area is 132 Å². The topological polar surface area (TPSA) is 83.7 Å². The molecule has 0 saturated heterocycles. The van der Waals surface area contributed by atoms with E-state index in [0.717, 1.165) is 0 Å². The van der Waals surface area contributed by atoms with E-state index in [9.17, 15) is 13.2 Å². The van der Waals surface area contributed by atoms with Crippen molar-refractivity contribution in [3.63, 3.8) is 0 Å². The van der Waals surface area contributed by atoms with Gasteiger partial charge in [-0.25, -0.2) is 12.7 Å². The second-order valence-corrected chi connectivity index (χ2v) is 8.40. The van der Waals surface area contributed by atoms with E-state index >= 15 is 0 Å². The molecule has 0 saturated carbocycles. The van der Waals surface area contributed by atoms with Crippen LogP contribution in [0.15, 0.2) is 29.2 Å². The Morgan fingerprint density at radius 1 is 1.23 bits per heavy atom. The van der Waals surface area contributed by atoms with Crippen LogP contribution in [-0.2, 0) is 10.0 Å². The molecular formula is C15H25N3O3S. The number of carbonyl (C=O) groups is 1. The fourth-order valence-electron chi connectivity index (χ4n) is 1.98. The average molecular weight is 327 g/mol. The first-order chi connectivity index (χ1) is 10.0. The van der Waals surface area contributed by atoms with Crippen LogP contribution in [0.2, 0.25) is 0 Å². The second-order valence-electron chi connectivity index (χ2n) is 6.36. The molecular weight excluding hydrogens is 302 g/mol. The molecule has 1 aromatic rings. The van der Waals surface area contributed by atoms with Crippen LogP contribution in [0.1, 0.15) is 24.2 Å². The lowest BCUT2D eigenvalue weighted by atomic mass is 9.94. The van der Waals surface area contributed by atoms with Crippen molar-refractivity contribution in [1.29, 1.82) is 0 Å². The molecule has 22 heavy (non-hydrogen) atoms. The smallest absolute Gasteiger partial charge is 0.253 e. The van der Waals surface area contributed by atoms with Crippen molar-refractivity contribution in [3.8, 4) is 0 Å². The molecule has 0 fully saturated rings. The van der Waals surface area contributed by atoms with Crippen molar-refractivity contribution < 1.29 is 13.2 Å². The van der Waals surface area contributed by atoms with E-state index < -0.39 is 10.0 Å². The Hall–Kier alpha value is -1.44. The highest BCUT2D eigenvalue weighted by molar-refractivity contribution is 7.89. The Bertz CT molecular complexity index is 639. The molecule has 0 aliphatic heterocycles. The monoisotopic (exact) mass is 327 g/mol. The van der Waals surface area contributed by atoms with Gasteiger partial charge in [0, 0.05) is 33.3 Å². The van der Waals surface area contributed by atoms with Gasteiger partial charge in [0.15, 0.2) is 0 Å². The third kappa shape index (κ3) is 4.28. The molecule has 7 heteroatoms. The molecule has 1 rings (SSSR count). The quantitative estimate of drug-likeness (QED) is 0.844. The summed E-state index contributed by atoms with van der Waals surface area (Å²) in [5.41, 5.74) is 5.69. The predicted molar refractivity (Wildman–Crippen MR) is 87.1 cm³/mol. The summed E-state index contributed by atoms with van der Waals surface area (Å²) in [7, 11) is 1.11. The zero-order valence-electron chi connectivity index (χ0n) is 13.8. The minimum Gasteiger partial charge on any atom is -0.345 e.